The minimum Gasteiger partial charge on any atom is -0.353 e. The van der Waals surface area contributed by atoms with E-state index in [1.165, 1.54) is 31.2 Å². The summed E-state index contributed by atoms with van der Waals surface area (Å²) >= 11 is 1.65. The number of nitrogens with one attached hydrogen (secondary N) is 1. The fourth-order valence-corrected chi connectivity index (χ4v) is 5.59. The Labute approximate surface area is 153 Å². The van der Waals surface area contributed by atoms with Gasteiger partial charge in [-0.3, -0.25) is 4.79 Å². The highest BCUT2D eigenvalue weighted by Gasteiger charge is 2.42. The summed E-state index contributed by atoms with van der Waals surface area (Å²) in [6.07, 6.45) is 6.71. The highest BCUT2D eigenvalue weighted by atomic mass is 32.1. The number of thiazole rings is 1. The number of aromatic nitrogens is 1. The Hall–Kier alpha value is -1.68. The Morgan fingerprint density at radius 1 is 1.28 bits per heavy atom. The summed E-state index contributed by atoms with van der Waals surface area (Å²) in [6, 6.07) is 10.7. The van der Waals surface area contributed by atoms with Crippen LogP contribution in [0, 0.1) is 17.8 Å². The van der Waals surface area contributed by atoms with Gasteiger partial charge < -0.3 is 5.32 Å². The van der Waals surface area contributed by atoms with Crippen LogP contribution in [0.15, 0.2) is 35.7 Å². The molecule has 25 heavy (non-hydrogen) atoms. The summed E-state index contributed by atoms with van der Waals surface area (Å²) in [7, 11) is 0. The number of nitrogens with zero attached hydrogens (tertiary/aromatic N) is 1. The topological polar surface area (TPSA) is 42.0 Å². The van der Waals surface area contributed by atoms with Gasteiger partial charge in [0, 0.05) is 17.8 Å². The molecule has 0 radical (unpaired) electrons. The predicted molar refractivity (Wildman–Crippen MR) is 102 cm³/mol. The number of hydrogen-bond donors (Lipinski definition) is 1. The molecule has 3 nitrogen and oxygen atoms in total. The van der Waals surface area contributed by atoms with Gasteiger partial charge in [0.2, 0.25) is 5.91 Å². The highest BCUT2D eigenvalue weighted by Crippen LogP contribution is 2.49. The van der Waals surface area contributed by atoms with Crippen molar-refractivity contribution < 1.29 is 4.79 Å². The molecule has 2 aliphatic carbocycles. The molecule has 0 aliphatic heterocycles. The van der Waals surface area contributed by atoms with Crippen molar-refractivity contribution in [3.8, 4) is 0 Å². The third-order valence-electron chi connectivity index (χ3n) is 5.96. The van der Waals surface area contributed by atoms with Gasteiger partial charge in [-0.2, -0.15) is 0 Å². The van der Waals surface area contributed by atoms with Crippen LogP contribution in [0.5, 0.6) is 0 Å². The molecule has 1 aromatic heterocycles. The Bertz CT molecular complexity index is 727. The van der Waals surface area contributed by atoms with Gasteiger partial charge in [-0.05, 0) is 49.5 Å². The van der Waals surface area contributed by atoms with Crippen LogP contribution in [0.1, 0.15) is 48.9 Å². The molecule has 2 aromatic rings. The lowest BCUT2D eigenvalue weighted by Gasteiger charge is -2.28. The van der Waals surface area contributed by atoms with E-state index in [9.17, 15) is 4.79 Å². The molecular weight excluding hydrogens is 328 g/mol. The van der Waals surface area contributed by atoms with E-state index in [4.69, 9.17) is 0 Å². The number of hydrogen-bond acceptors (Lipinski definition) is 3. The molecular formula is C21H26N2OS. The van der Waals surface area contributed by atoms with Crippen molar-refractivity contribution in [1.29, 1.82) is 0 Å². The van der Waals surface area contributed by atoms with E-state index in [0.29, 0.717) is 18.4 Å². The first-order valence-corrected chi connectivity index (χ1v) is 10.3. The predicted octanol–water partition coefficient (Wildman–Crippen LogP) is 4.22. The average Bonchev–Trinajstić information content (AvgIpc) is 3.33. The molecule has 4 atom stereocenters. The fraction of sp³-hybridized carbons (Fsp3) is 0.524. The molecule has 1 aromatic carbocycles. The minimum absolute atomic E-state index is 0.117. The van der Waals surface area contributed by atoms with Gasteiger partial charge in [0.15, 0.2) is 0 Å². The largest absolute Gasteiger partial charge is 0.353 e. The lowest BCUT2D eigenvalue weighted by Crippen LogP contribution is -2.40. The Kier molecular flexibility index (Phi) is 4.89. The van der Waals surface area contributed by atoms with E-state index in [2.05, 4.69) is 29.4 Å². The van der Waals surface area contributed by atoms with Crippen molar-refractivity contribution in [2.45, 2.75) is 51.5 Å². The first kappa shape index (κ1) is 16.8. The molecule has 4 rings (SSSR count). The highest BCUT2D eigenvalue weighted by molar-refractivity contribution is 7.09. The number of benzene rings is 1. The normalized spacial score (nSPS) is 25.9. The maximum absolute atomic E-state index is 12.4. The molecule has 1 N–H and O–H groups in total. The van der Waals surface area contributed by atoms with E-state index >= 15 is 0 Å². The van der Waals surface area contributed by atoms with Crippen molar-refractivity contribution >= 4 is 17.2 Å². The van der Waals surface area contributed by atoms with E-state index in [-0.39, 0.29) is 5.91 Å². The molecule has 0 saturated heterocycles. The number of fused-ring (bicyclic) bond motifs is 2. The number of rotatable bonds is 6. The summed E-state index contributed by atoms with van der Waals surface area (Å²) in [5, 5.41) is 6.35. The lowest BCUT2D eigenvalue weighted by atomic mass is 9.84. The SMILES string of the molecule is C[C@@H](NC(=O)Cc1csc(Cc2ccccc2)n1)[C@H]1C[C@H]2CC[C@H]1C2. The van der Waals surface area contributed by atoms with Crippen molar-refractivity contribution in [1.82, 2.24) is 10.3 Å². The van der Waals surface area contributed by atoms with Crippen LogP contribution in [0.3, 0.4) is 0 Å². The molecule has 1 heterocycles. The molecule has 2 fully saturated rings. The fourth-order valence-electron chi connectivity index (χ4n) is 4.76. The van der Waals surface area contributed by atoms with E-state index in [0.717, 1.165) is 29.0 Å². The smallest absolute Gasteiger partial charge is 0.226 e. The van der Waals surface area contributed by atoms with Gasteiger partial charge in [0.1, 0.15) is 0 Å². The first-order chi connectivity index (χ1) is 12.2. The monoisotopic (exact) mass is 354 g/mol. The molecule has 0 spiro atoms. The zero-order valence-electron chi connectivity index (χ0n) is 14.8. The van der Waals surface area contributed by atoms with Gasteiger partial charge in [-0.25, -0.2) is 4.98 Å². The number of carbonyl (C=O) groups is 1. The van der Waals surface area contributed by atoms with E-state index in [1.807, 2.05) is 23.6 Å². The zero-order chi connectivity index (χ0) is 17.2. The van der Waals surface area contributed by atoms with Crippen molar-refractivity contribution in [3.05, 3.63) is 52.0 Å². The second-order valence-corrected chi connectivity index (χ2v) is 8.71. The Morgan fingerprint density at radius 3 is 2.84 bits per heavy atom. The van der Waals surface area contributed by atoms with Crippen LogP contribution >= 0.6 is 11.3 Å². The van der Waals surface area contributed by atoms with Crippen molar-refractivity contribution in [2.24, 2.45) is 17.8 Å². The summed E-state index contributed by atoms with van der Waals surface area (Å²) in [5.74, 6) is 2.57. The van der Waals surface area contributed by atoms with Crippen molar-refractivity contribution in [2.75, 3.05) is 0 Å². The van der Waals surface area contributed by atoms with Crippen LogP contribution in [0.4, 0.5) is 0 Å². The van der Waals surface area contributed by atoms with Gasteiger partial charge in [-0.1, -0.05) is 36.8 Å². The van der Waals surface area contributed by atoms with Gasteiger partial charge in [0.25, 0.3) is 0 Å². The molecule has 2 aliphatic rings. The second kappa shape index (κ2) is 7.28. The minimum atomic E-state index is 0.117. The van der Waals surface area contributed by atoms with Crippen molar-refractivity contribution in [3.63, 3.8) is 0 Å². The maximum Gasteiger partial charge on any atom is 0.226 e. The first-order valence-electron chi connectivity index (χ1n) is 9.44. The third-order valence-corrected chi connectivity index (χ3v) is 6.86. The average molecular weight is 355 g/mol. The summed E-state index contributed by atoms with van der Waals surface area (Å²) < 4.78 is 0. The Balaban J connectivity index is 1.29. The van der Waals surface area contributed by atoms with Gasteiger partial charge in [-0.15, -0.1) is 11.3 Å². The molecule has 2 saturated carbocycles. The molecule has 2 bridgehead atoms. The standard InChI is InChI=1S/C21H26N2OS/c1-14(19-10-16-7-8-17(19)9-16)22-20(24)12-18-13-25-21(23-18)11-15-5-3-2-4-6-15/h2-6,13-14,16-17,19H,7-12H2,1H3,(H,22,24)/t14-,16+,17+,19-/m1/s1. The van der Waals surface area contributed by atoms with Crippen LogP contribution < -0.4 is 5.32 Å². The molecule has 132 valence electrons. The number of amides is 1. The number of carbonyl (C=O) groups excluding carboxylic acids is 1. The van der Waals surface area contributed by atoms with Crippen LogP contribution in [0.2, 0.25) is 0 Å². The van der Waals surface area contributed by atoms with E-state index in [1.54, 1.807) is 11.3 Å². The van der Waals surface area contributed by atoms with Gasteiger partial charge in [0.05, 0.1) is 17.1 Å². The Morgan fingerprint density at radius 2 is 2.12 bits per heavy atom. The summed E-state index contributed by atoms with van der Waals surface area (Å²) in [5.41, 5.74) is 2.16. The summed E-state index contributed by atoms with van der Waals surface area (Å²) in [4.78, 5) is 17.1. The van der Waals surface area contributed by atoms with Gasteiger partial charge >= 0.3 is 0 Å². The quantitative estimate of drug-likeness (QED) is 0.844. The third kappa shape index (κ3) is 3.95. The summed E-state index contributed by atoms with van der Waals surface area (Å²) in [6.45, 7) is 2.19. The molecule has 0 unspecified atom stereocenters. The van der Waals surface area contributed by atoms with E-state index < -0.39 is 0 Å². The second-order valence-electron chi connectivity index (χ2n) is 7.77. The van der Waals surface area contributed by atoms with Crippen LogP contribution in [0.25, 0.3) is 0 Å². The lowest BCUT2D eigenvalue weighted by molar-refractivity contribution is -0.121. The van der Waals surface area contributed by atoms with Crippen LogP contribution in [-0.4, -0.2) is 16.9 Å². The van der Waals surface area contributed by atoms with Crippen LogP contribution in [-0.2, 0) is 17.6 Å². The molecule has 4 heteroatoms. The zero-order valence-corrected chi connectivity index (χ0v) is 15.6. The molecule has 1 amide bonds. The maximum atomic E-state index is 12.4.